The summed E-state index contributed by atoms with van der Waals surface area (Å²) in [6.07, 6.45) is 1.43. The van der Waals surface area contributed by atoms with Crippen molar-refractivity contribution in [3.63, 3.8) is 0 Å². The molecule has 1 aromatic rings. The third-order valence-electron chi connectivity index (χ3n) is 3.30. The maximum atomic E-state index is 11.4. The summed E-state index contributed by atoms with van der Waals surface area (Å²) >= 11 is 0. The van der Waals surface area contributed by atoms with Crippen LogP contribution >= 0.6 is 0 Å². The summed E-state index contributed by atoms with van der Waals surface area (Å²) in [6, 6.07) is -0.162. The minimum absolute atomic E-state index is 0.396. The van der Waals surface area contributed by atoms with Gasteiger partial charge in [-0.05, 0) is 20.3 Å². The quantitative estimate of drug-likeness (QED) is 0.796. The molecule has 0 saturated carbocycles. The first-order chi connectivity index (χ1) is 8.88. The standard InChI is InChI=1S/C14H25N3O2/c1-6-7-13(14(18)19)17-11(5)12(10(4)16-17)8-15-9(2)3/h9,13,15H,6-8H2,1-5H3,(H,18,19). The van der Waals surface area contributed by atoms with Gasteiger partial charge in [0.25, 0.3) is 0 Å². The third kappa shape index (κ3) is 3.80. The highest BCUT2D eigenvalue weighted by Crippen LogP contribution is 2.21. The summed E-state index contributed by atoms with van der Waals surface area (Å²) in [6.45, 7) is 10.8. The van der Waals surface area contributed by atoms with Gasteiger partial charge in [0, 0.05) is 23.8 Å². The lowest BCUT2D eigenvalue weighted by Gasteiger charge is -2.14. The molecule has 0 aliphatic carbocycles. The fraction of sp³-hybridized carbons (Fsp3) is 0.714. The van der Waals surface area contributed by atoms with Crippen LogP contribution in [-0.4, -0.2) is 26.9 Å². The second-order valence-electron chi connectivity index (χ2n) is 5.27. The molecular formula is C14H25N3O2. The Morgan fingerprint density at radius 3 is 2.53 bits per heavy atom. The highest BCUT2D eigenvalue weighted by molar-refractivity contribution is 5.71. The molecule has 0 amide bonds. The van der Waals surface area contributed by atoms with E-state index in [1.54, 1.807) is 4.68 Å². The summed E-state index contributed by atoms with van der Waals surface area (Å²) in [5.74, 6) is -0.809. The van der Waals surface area contributed by atoms with Crippen LogP contribution in [0.2, 0.25) is 0 Å². The predicted octanol–water partition coefficient (Wildman–Crippen LogP) is 2.42. The van der Waals surface area contributed by atoms with Crippen LogP contribution in [0, 0.1) is 13.8 Å². The number of aromatic nitrogens is 2. The van der Waals surface area contributed by atoms with Gasteiger partial charge in [0.15, 0.2) is 0 Å². The lowest BCUT2D eigenvalue weighted by atomic mass is 10.1. The molecule has 0 saturated heterocycles. The Morgan fingerprint density at radius 2 is 2.05 bits per heavy atom. The molecule has 1 unspecified atom stereocenters. The van der Waals surface area contributed by atoms with Crippen molar-refractivity contribution in [3.05, 3.63) is 17.0 Å². The molecule has 1 atom stereocenters. The van der Waals surface area contributed by atoms with E-state index in [2.05, 4.69) is 24.3 Å². The molecule has 0 radical (unpaired) electrons. The number of hydrogen-bond acceptors (Lipinski definition) is 3. The highest BCUT2D eigenvalue weighted by atomic mass is 16.4. The average molecular weight is 267 g/mol. The Kier molecular flexibility index (Phi) is 5.54. The van der Waals surface area contributed by atoms with E-state index in [4.69, 9.17) is 0 Å². The van der Waals surface area contributed by atoms with Gasteiger partial charge in [-0.15, -0.1) is 0 Å². The normalized spacial score (nSPS) is 12.9. The van der Waals surface area contributed by atoms with Gasteiger partial charge in [0.05, 0.1) is 5.69 Å². The fourth-order valence-electron chi connectivity index (χ4n) is 2.19. The van der Waals surface area contributed by atoms with Crippen molar-refractivity contribution in [1.29, 1.82) is 0 Å². The second kappa shape index (κ2) is 6.70. The largest absolute Gasteiger partial charge is 0.480 e. The van der Waals surface area contributed by atoms with E-state index in [9.17, 15) is 9.90 Å². The SMILES string of the molecule is CCCC(C(=O)O)n1nc(C)c(CNC(C)C)c1C. The minimum Gasteiger partial charge on any atom is -0.480 e. The van der Waals surface area contributed by atoms with Crippen LogP contribution in [0.1, 0.15) is 56.6 Å². The summed E-state index contributed by atoms with van der Waals surface area (Å²) < 4.78 is 1.67. The van der Waals surface area contributed by atoms with E-state index in [1.807, 2.05) is 20.8 Å². The maximum Gasteiger partial charge on any atom is 0.328 e. The van der Waals surface area contributed by atoms with E-state index < -0.39 is 12.0 Å². The van der Waals surface area contributed by atoms with Crippen LogP contribution in [0.3, 0.4) is 0 Å². The first kappa shape index (κ1) is 15.7. The van der Waals surface area contributed by atoms with Gasteiger partial charge in [-0.3, -0.25) is 4.68 Å². The first-order valence-corrected chi connectivity index (χ1v) is 6.89. The molecule has 19 heavy (non-hydrogen) atoms. The van der Waals surface area contributed by atoms with Gasteiger partial charge in [-0.2, -0.15) is 5.10 Å². The van der Waals surface area contributed by atoms with Crippen molar-refractivity contribution in [2.75, 3.05) is 0 Å². The molecule has 0 bridgehead atoms. The van der Waals surface area contributed by atoms with Crippen LogP contribution in [-0.2, 0) is 11.3 Å². The molecule has 5 heteroatoms. The zero-order valence-corrected chi connectivity index (χ0v) is 12.5. The molecule has 5 nitrogen and oxygen atoms in total. The zero-order valence-electron chi connectivity index (χ0n) is 12.5. The van der Waals surface area contributed by atoms with Gasteiger partial charge in [-0.25, -0.2) is 4.79 Å². The number of nitrogens with one attached hydrogen (secondary N) is 1. The summed E-state index contributed by atoms with van der Waals surface area (Å²) in [5, 5.41) is 17.1. The van der Waals surface area contributed by atoms with Crippen LogP contribution in [0.25, 0.3) is 0 Å². The molecule has 0 spiro atoms. The van der Waals surface area contributed by atoms with Crippen LogP contribution in [0.15, 0.2) is 0 Å². The highest BCUT2D eigenvalue weighted by Gasteiger charge is 2.23. The van der Waals surface area contributed by atoms with Gasteiger partial charge in [0.1, 0.15) is 6.04 Å². The molecule has 1 aromatic heterocycles. The van der Waals surface area contributed by atoms with Gasteiger partial charge < -0.3 is 10.4 Å². The predicted molar refractivity (Wildman–Crippen MR) is 75.3 cm³/mol. The number of carbonyl (C=O) groups is 1. The van der Waals surface area contributed by atoms with Crippen molar-refractivity contribution < 1.29 is 9.90 Å². The van der Waals surface area contributed by atoms with E-state index in [0.717, 1.165) is 29.9 Å². The Labute approximate surface area is 115 Å². The molecule has 0 aliphatic heterocycles. The second-order valence-corrected chi connectivity index (χ2v) is 5.27. The number of carboxylic acid groups (broad SMARTS) is 1. The topological polar surface area (TPSA) is 67.1 Å². The maximum absolute atomic E-state index is 11.4. The van der Waals surface area contributed by atoms with E-state index in [1.165, 1.54) is 0 Å². The van der Waals surface area contributed by atoms with Crippen molar-refractivity contribution in [2.24, 2.45) is 0 Å². The Bertz CT molecular complexity index is 438. The lowest BCUT2D eigenvalue weighted by Crippen LogP contribution is -2.23. The van der Waals surface area contributed by atoms with E-state index >= 15 is 0 Å². The molecule has 0 aromatic carbocycles. The first-order valence-electron chi connectivity index (χ1n) is 6.89. The number of rotatable bonds is 7. The monoisotopic (exact) mass is 267 g/mol. The minimum atomic E-state index is -0.809. The van der Waals surface area contributed by atoms with Crippen LogP contribution in [0.4, 0.5) is 0 Å². The van der Waals surface area contributed by atoms with Gasteiger partial charge in [-0.1, -0.05) is 27.2 Å². The Balaban J connectivity index is 3.02. The van der Waals surface area contributed by atoms with Crippen LogP contribution < -0.4 is 5.32 Å². The number of nitrogens with zero attached hydrogens (tertiary/aromatic N) is 2. The smallest absolute Gasteiger partial charge is 0.328 e. The number of aryl methyl sites for hydroxylation is 1. The number of aliphatic carboxylic acids is 1. The number of carboxylic acids is 1. The van der Waals surface area contributed by atoms with Crippen molar-refractivity contribution in [3.8, 4) is 0 Å². The van der Waals surface area contributed by atoms with Crippen molar-refractivity contribution >= 4 is 5.97 Å². The van der Waals surface area contributed by atoms with Gasteiger partial charge in [0.2, 0.25) is 0 Å². The average Bonchev–Trinajstić information content (AvgIpc) is 2.59. The Morgan fingerprint density at radius 1 is 1.42 bits per heavy atom. The molecule has 2 N–H and O–H groups in total. The molecule has 0 aliphatic rings. The molecule has 0 fully saturated rings. The summed E-state index contributed by atoms with van der Waals surface area (Å²) in [4.78, 5) is 11.4. The Hall–Kier alpha value is -1.36. The molecule has 108 valence electrons. The van der Waals surface area contributed by atoms with Gasteiger partial charge >= 0.3 is 5.97 Å². The molecule has 1 rings (SSSR count). The van der Waals surface area contributed by atoms with Crippen LogP contribution in [0.5, 0.6) is 0 Å². The molecular weight excluding hydrogens is 242 g/mol. The van der Waals surface area contributed by atoms with E-state index in [0.29, 0.717) is 12.5 Å². The van der Waals surface area contributed by atoms with Crippen molar-refractivity contribution in [1.82, 2.24) is 15.1 Å². The van der Waals surface area contributed by atoms with E-state index in [-0.39, 0.29) is 0 Å². The summed E-state index contributed by atoms with van der Waals surface area (Å²) in [7, 11) is 0. The van der Waals surface area contributed by atoms with Crippen molar-refractivity contribution in [2.45, 2.75) is 66.1 Å². The third-order valence-corrected chi connectivity index (χ3v) is 3.30. The zero-order chi connectivity index (χ0) is 14.6. The fourth-order valence-corrected chi connectivity index (χ4v) is 2.19. The number of hydrogen-bond donors (Lipinski definition) is 2. The lowest BCUT2D eigenvalue weighted by molar-refractivity contribution is -0.141. The summed E-state index contributed by atoms with van der Waals surface area (Å²) in [5.41, 5.74) is 2.97. The molecule has 1 heterocycles.